The van der Waals surface area contributed by atoms with E-state index in [9.17, 15) is 13.6 Å². The molecule has 1 amide bonds. The molecule has 2 aromatic carbocycles. The first-order valence-corrected chi connectivity index (χ1v) is 11.1. The number of alkyl halides is 3. The van der Waals surface area contributed by atoms with Gasteiger partial charge in [-0.05, 0) is 36.8 Å². The minimum atomic E-state index is -3.79. The maximum absolute atomic E-state index is 12.7. The summed E-state index contributed by atoms with van der Waals surface area (Å²) in [6.45, 7) is 2.89. The smallest absolute Gasteiger partial charge is 0.420 e. The summed E-state index contributed by atoms with van der Waals surface area (Å²) in [4.78, 5) is 16.9. The van der Waals surface area contributed by atoms with Gasteiger partial charge in [0.2, 0.25) is 11.1 Å². The molecule has 0 unspecified atom stereocenters. The van der Waals surface area contributed by atoms with Crippen LogP contribution < -0.4 is 10.1 Å². The average Bonchev–Trinajstić information content (AvgIpc) is 3.06. The number of rotatable bonds is 8. The van der Waals surface area contributed by atoms with Crippen molar-refractivity contribution >= 4 is 57.0 Å². The summed E-state index contributed by atoms with van der Waals surface area (Å²) in [5, 5.41) is 12.6. The molecule has 0 saturated heterocycles. The van der Waals surface area contributed by atoms with Gasteiger partial charge >= 0.3 is 5.57 Å². The van der Waals surface area contributed by atoms with E-state index in [0.29, 0.717) is 10.8 Å². The second kappa shape index (κ2) is 9.25. The van der Waals surface area contributed by atoms with Crippen LogP contribution in [-0.4, -0.2) is 37.0 Å². The van der Waals surface area contributed by atoms with Crippen LogP contribution in [0.25, 0.3) is 22.1 Å². The van der Waals surface area contributed by atoms with Gasteiger partial charge in [-0.3, -0.25) is 4.79 Å². The summed E-state index contributed by atoms with van der Waals surface area (Å²) in [5.41, 5.74) is -0.853. The Morgan fingerprint density at radius 2 is 1.94 bits per heavy atom. The van der Waals surface area contributed by atoms with Crippen LogP contribution in [-0.2, 0) is 11.3 Å². The third-order valence-corrected chi connectivity index (χ3v) is 5.42. The number of anilines is 1. The number of hydrogen-bond acceptors (Lipinski definition) is 6. The predicted octanol–water partition coefficient (Wildman–Crippen LogP) is 5.29. The van der Waals surface area contributed by atoms with Crippen LogP contribution in [0.4, 0.5) is 14.5 Å². The molecule has 166 valence electrons. The van der Waals surface area contributed by atoms with E-state index >= 15 is 0 Å². The number of aryl methyl sites for hydroxylation is 1. The van der Waals surface area contributed by atoms with Gasteiger partial charge in [0.05, 0.1) is 11.3 Å². The molecule has 0 saturated carbocycles. The normalized spacial score (nSPS) is 11.8. The van der Waals surface area contributed by atoms with E-state index in [-0.39, 0.29) is 17.4 Å². The topological polar surface area (TPSA) is 81.9 Å². The zero-order valence-electron chi connectivity index (χ0n) is 16.9. The molecule has 4 aromatic rings. The number of halogens is 3. The number of ether oxygens (including phenoxy) is 1. The van der Waals surface area contributed by atoms with E-state index in [1.807, 2.05) is 24.3 Å². The van der Waals surface area contributed by atoms with Gasteiger partial charge in [-0.1, -0.05) is 36.9 Å². The predicted molar refractivity (Wildman–Crippen MR) is 120 cm³/mol. The van der Waals surface area contributed by atoms with Crippen molar-refractivity contribution in [1.82, 2.24) is 19.7 Å². The van der Waals surface area contributed by atoms with Crippen LogP contribution in [0.15, 0.2) is 53.7 Å². The van der Waals surface area contributed by atoms with Crippen molar-refractivity contribution in [3.63, 3.8) is 0 Å². The first kappa shape index (κ1) is 22.2. The summed E-state index contributed by atoms with van der Waals surface area (Å²) in [6.07, 6.45) is 0.940. The lowest BCUT2D eigenvalue weighted by atomic mass is 10.2. The Kier molecular flexibility index (Phi) is 6.43. The maximum Gasteiger partial charge on any atom is 0.487 e. The van der Waals surface area contributed by atoms with E-state index in [0.717, 1.165) is 46.8 Å². The Hall–Kier alpha value is -2.98. The Morgan fingerprint density at radius 1 is 1.19 bits per heavy atom. The third-order valence-electron chi connectivity index (χ3n) is 4.51. The Morgan fingerprint density at radius 3 is 2.66 bits per heavy atom. The second-order valence-electron chi connectivity index (χ2n) is 6.84. The van der Waals surface area contributed by atoms with Crippen molar-refractivity contribution in [2.24, 2.45) is 0 Å². The number of thioether (sulfide) groups is 1. The minimum Gasteiger partial charge on any atom is -0.420 e. The summed E-state index contributed by atoms with van der Waals surface area (Å²) >= 11 is 5.89. The second-order valence-corrected chi connectivity index (χ2v) is 8.23. The molecule has 0 aliphatic heterocycles. The first-order chi connectivity index (χ1) is 15.3. The molecule has 0 bridgehead atoms. The number of nitrogens with one attached hydrogen (secondary N) is 1. The fourth-order valence-corrected chi connectivity index (χ4v) is 3.94. The number of aromatic nitrogens is 4. The highest BCUT2D eigenvalue weighted by molar-refractivity contribution is 7.99. The molecule has 11 heteroatoms. The molecule has 32 heavy (non-hydrogen) atoms. The minimum absolute atomic E-state index is 0.0548. The lowest BCUT2D eigenvalue weighted by Crippen LogP contribution is -2.16. The van der Waals surface area contributed by atoms with Gasteiger partial charge in [0.25, 0.3) is 0 Å². The number of amides is 1. The van der Waals surface area contributed by atoms with Gasteiger partial charge in [-0.15, -0.1) is 19.0 Å². The number of fused-ring (bicyclic) bond motifs is 3. The molecule has 2 aromatic heterocycles. The molecule has 0 fully saturated rings. The van der Waals surface area contributed by atoms with Gasteiger partial charge in [0.1, 0.15) is 11.3 Å². The lowest BCUT2D eigenvalue weighted by Gasteiger charge is -2.11. The van der Waals surface area contributed by atoms with Crippen molar-refractivity contribution in [2.75, 3.05) is 11.1 Å². The fourth-order valence-electron chi connectivity index (χ4n) is 3.27. The molecular weight excluding hydrogens is 460 g/mol. The number of benzene rings is 2. The number of nitrogens with zero attached hydrogens (tertiary/aromatic N) is 4. The number of para-hydroxylation sites is 1. The molecule has 0 atom stereocenters. The van der Waals surface area contributed by atoms with E-state index in [2.05, 4.69) is 36.7 Å². The van der Waals surface area contributed by atoms with Crippen LogP contribution in [0, 0.1) is 0 Å². The monoisotopic (exact) mass is 477 g/mol. The largest absolute Gasteiger partial charge is 0.487 e. The fraction of sp³-hybridized carbons (Fsp3) is 0.238. The molecule has 0 aliphatic carbocycles. The quantitative estimate of drug-likeness (QED) is 0.274. The molecular formula is C21H18ClF2N5O2S. The lowest BCUT2D eigenvalue weighted by molar-refractivity contribution is -0.113. The standard InChI is InChI=1S/C21H18ClF2N5O2S/c1-2-11-29-16-6-4-3-5-15(16)18-19(29)26-20(28-27-18)32-12-17(30)25-13-7-9-14(10-8-13)31-21(22,23)24/h3-10H,2,11-12H2,1H3,(H,25,30). The van der Waals surface area contributed by atoms with Crippen LogP contribution in [0.3, 0.4) is 0 Å². The zero-order chi connectivity index (χ0) is 22.7. The van der Waals surface area contributed by atoms with E-state index in [1.165, 1.54) is 24.3 Å². The summed E-state index contributed by atoms with van der Waals surface area (Å²) < 4.78 is 31.7. The molecule has 2 heterocycles. The van der Waals surface area contributed by atoms with Crippen LogP contribution in [0.1, 0.15) is 13.3 Å². The highest BCUT2D eigenvalue weighted by Gasteiger charge is 2.27. The van der Waals surface area contributed by atoms with E-state index in [1.54, 1.807) is 0 Å². The van der Waals surface area contributed by atoms with Crippen molar-refractivity contribution in [3.8, 4) is 5.75 Å². The molecule has 0 aliphatic rings. The summed E-state index contributed by atoms with van der Waals surface area (Å²) in [7, 11) is 0. The SMILES string of the molecule is CCCn1c2ccccc2c2nnc(SCC(=O)Nc3ccc(OC(F)(F)Cl)cc3)nc21. The number of carbonyl (C=O) groups is 1. The molecule has 0 spiro atoms. The first-order valence-electron chi connectivity index (χ1n) is 9.74. The van der Waals surface area contributed by atoms with Gasteiger partial charge in [0.15, 0.2) is 5.65 Å². The zero-order valence-corrected chi connectivity index (χ0v) is 18.5. The van der Waals surface area contributed by atoms with Gasteiger partial charge in [-0.2, -0.15) is 0 Å². The maximum atomic E-state index is 12.7. The Bertz CT molecular complexity index is 1260. The van der Waals surface area contributed by atoms with Gasteiger partial charge in [-0.25, -0.2) is 4.98 Å². The van der Waals surface area contributed by atoms with Crippen LogP contribution in [0.5, 0.6) is 5.75 Å². The number of carbonyl (C=O) groups excluding carboxylic acids is 1. The van der Waals surface area contributed by atoms with Crippen molar-refractivity contribution in [2.45, 2.75) is 30.6 Å². The Balaban J connectivity index is 1.44. The van der Waals surface area contributed by atoms with Crippen molar-refractivity contribution < 1.29 is 18.3 Å². The highest BCUT2D eigenvalue weighted by Crippen LogP contribution is 2.28. The van der Waals surface area contributed by atoms with Crippen molar-refractivity contribution in [1.29, 1.82) is 0 Å². The van der Waals surface area contributed by atoms with Crippen LogP contribution >= 0.6 is 23.4 Å². The van der Waals surface area contributed by atoms with E-state index < -0.39 is 5.57 Å². The molecule has 1 N–H and O–H groups in total. The summed E-state index contributed by atoms with van der Waals surface area (Å²) in [5.74, 6) is -0.365. The van der Waals surface area contributed by atoms with Gasteiger partial charge < -0.3 is 14.6 Å². The van der Waals surface area contributed by atoms with Gasteiger partial charge in [0, 0.05) is 29.2 Å². The van der Waals surface area contributed by atoms with E-state index in [4.69, 9.17) is 11.6 Å². The average molecular weight is 478 g/mol. The molecule has 0 radical (unpaired) electrons. The van der Waals surface area contributed by atoms with Crippen LogP contribution in [0.2, 0.25) is 0 Å². The molecule has 7 nitrogen and oxygen atoms in total. The third kappa shape index (κ3) is 5.08. The molecule has 4 rings (SSSR count). The summed E-state index contributed by atoms with van der Waals surface area (Å²) in [6, 6.07) is 13.4. The Labute approximate surface area is 191 Å². The van der Waals surface area contributed by atoms with Crippen molar-refractivity contribution in [3.05, 3.63) is 48.5 Å². The number of hydrogen-bond donors (Lipinski definition) is 1. The highest BCUT2D eigenvalue weighted by atomic mass is 35.5.